The first-order valence-corrected chi connectivity index (χ1v) is 11.6. The number of hydrogen-bond donors (Lipinski definition) is 1. The highest BCUT2D eigenvalue weighted by Gasteiger charge is 2.17. The van der Waals surface area contributed by atoms with Crippen LogP contribution in [-0.4, -0.2) is 33.3 Å². The fourth-order valence-corrected chi connectivity index (χ4v) is 5.07. The number of anilines is 1. The predicted octanol–water partition coefficient (Wildman–Crippen LogP) is 3.06. The van der Waals surface area contributed by atoms with Gasteiger partial charge in [0.2, 0.25) is 0 Å². The summed E-state index contributed by atoms with van der Waals surface area (Å²) in [4.78, 5) is 0. The molecule has 7 nitrogen and oxygen atoms in total. The third kappa shape index (κ3) is 4.21. The number of benzene rings is 1. The molecule has 0 aliphatic carbocycles. The normalized spacial score (nSPS) is 12.1. The molecule has 3 aromatic rings. The smallest absolute Gasteiger partial charge is 0.271 e. The maximum atomic E-state index is 12.3. The van der Waals surface area contributed by atoms with Crippen molar-refractivity contribution in [2.24, 2.45) is 0 Å². The minimum absolute atomic E-state index is 0.111. The second kappa shape index (κ2) is 6.95. The fourth-order valence-electron chi connectivity index (χ4n) is 2.03. The number of nitrogens with one attached hydrogen (secondary N) is 1. The number of thiophene rings is 1. The molecule has 0 fully saturated rings. The molecule has 0 saturated heterocycles. The number of sulfonamides is 1. The Bertz CT molecular complexity index is 1140. The molecule has 26 heavy (non-hydrogen) atoms. The number of aromatic nitrogens is 2. The summed E-state index contributed by atoms with van der Waals surface area (Å²) >= 11 is 6.74. The molecule has 0 saturated carbocycles. The SMILES string of the molecule is CS(=O)(=O)c1ccc(-c2ccc(NS(=O)(=O)c3ccc(Cl)s3)cc2)nn1. The van der Waals surface area contributed by atoms with E-state index >= 15 is 0 Å². The Hall–Kier alpha value is -2.01. The predicted molar refractivity (Wildman–Crippen MR) is 101 cm³/mol. The van der Waals surface area contributed by atoms with Gasteiger partial charge in [-0.05, 0) is 36.4 Å². The highest BCUT2D eigenvalue weighted by atomic mass is 35.5. The number of nitrogens with zero attached hydrogens (tertiary/aromatic N) is 2. The average molecular weight is 430 g/mol. The molecule has 136 valence electrons. The zero-order chi connectivity index (χ0) is 18.9. The molecule has 0 bridgehead atoms. The van der Waals surface area contributed by atoms with E-state index in [4.69, 9.17) is 11.6 Å². The molecule has 11 heteroatoms. The fraction of sp³-hybridized carbons (Fsp3) is 0.0667. The molecule has 0 aliphatic heterocycles. The van der Waals surface area contributed by atoms with Gasteiger partial charge in [-0.1, -0.05) is 23.7 Å². The Balaban J connectivity index is 1.80. The molecule has 1 aromatic carbocycles. The number of hydrogen-bond acceptors (Lipinski definition) is 7. The van der Waals surface area contributed by atoms with E-state index in [9.17, 15) is 16.8 Å². The highest BCUT2D eigenvalue weighted by Crippen LogP contribution is 2.28. The van der Waals surface area contributed by atoms with E-state index in [-0.39, 0.29) is 9.24 Å². The van der Waals surface area contributed by atoms with E-state index in [1.54, 1.807) is 24.3 Å². The molecule has 2 aromatic heterocycles. The van der Waals surface area contributed by atoms with Crippen molar-refractivity contribution < 1.29 is 16.8 Å². The number of sulfone groups is 1. The monoisotopic (exact) mass is 429 g/mol. The first-order chi connectivity index (χ1) is 12.1. The lowest BCUT2D eigenvalue weighted by atomic mass is 10.1. The molecule has 0 unspecified atom stereocenters. The number of halogens is 1. The van der Waals surface area contributed by atoms with Crippen LogP contribution in [0.2, 0.25) is 4.34 Å². The van der Waals surface area contributed by atoms with Crippen molar-refractivity contribution in [3.8, 4) is 11.3 Å². The van der Waals surface area contributed by atoms with Gasteiger partial charge in [0.25, 0.3) is 10.0 Å². The van der Waals surface area contributed by atoms with Gasteiger partial charge in [-0.15, -0.1) is 21.5 Å². The van der Waals surface area contributed by atoms with Crippen LogP contribution in [0.4, 0.5) is 5.69 Å². The molecule has 0 spiro atoms. The third-order valence-corrected chi connectivity index (χ3v) is 7.35. The highest BCUT2D eigenvalue weighted by molar-refractivity contribution is 7.94. The topological polar surface area (TPSA) is 106 Å². The molecular weight excluding hydrogens is 418 g/mol. The Labute approximate surface area is 159 Å². The van der Waals surface area contributed by atoms with Crippen LogP contribution in [0, 0.1) is 0 Å². The standard InChI is InChI=1S/C15H12ClN3O4S3/c1-25(20,21)14-8-6-12(17-18-14)10-2-4-11(5-3-10)19-26(22,23)15-9-7-13(16)24-15/h2-9,19H,1H3. The summed E-state index contributed by atoms with van der Waals surface area (Å²) in [6, 6.07) is 12.3. The van der Waals surface area contributed by atoms with Crippen molar-refractivity contribution in [2.45, 2.75) is 9.24 Å². The van der Waals surface area contributed by atoms with Gasteiger partial charge in [0.1, 0.15) is 4.21 Å². The molecule has 3 rings (SSSR count). The molecule has 1 N–H and O–H groups in total. The van der Waals surface area contributed by atoms with Crippen molar-refractivity contribution in [3.63, 3.8) is 0 Å². The molecule has 0 radical (unpaired) electrons. The van der Waals surface area contributed by atoms with Crippen molar-refractivity contribution in [3.05, 3.63) is 52.9 Å². The molecule has 2 heterocycles. The summed E-state index contributed by atoms with van der Waals surface area (Å²) in [5.41, 5.74) is 1.51. The Morgan fingerprint density at radius 2 is 1.62 bits per heavy atom. The largest absolute Gasteiger partial charge is 0.279 e. The van der Waals surface area contributed by atoms with Gasteiger partial charge in [-0.2, -0.15) is 0 Å². The van der Waals surface area contributed by atoms with E-state index in [1.165, 1.54) is 24.3 Å². The van der Waals surface area contributed by atoms with Gasteiger partial charge in [-0.25, -0.2) is 16.8 Å². The van der Waals surface area contributed by atoms with Gasteiger partial charge >= 0.3 is 0 Å². The second-order valence-electron chi connectivity index (χ2n) is 5.27. The molecule has 0 amide bonds. The lowest BCUT2D eigenvalue weighted by Crippen LogP contribution is -2.11. The van der Waals surface area contributed by atoms with Gasteiger partial charge < -0.3 is 0 Å². The average Bonchev–Trinajstić information content (AvgIpc) is 3.02. The quantitative estimate of drug-likeness (QED) is 0.668. The van der Waals surface area contributed by atoms with Gasteiger partial charge in [0.05, 0.1) is 10.0 Å². The summed E-state index contributed by atoms with van der Waals surface area (Å²) in [6.07, 6.45) is 1.05. The van der Waals surface area contributed by atoms with Gasteiger partial charge in [0, 0.05) is 17.5 Å². The minimum Gasteiger partial charge on any atom is -0.279 e. The Kier molecular flexibility index (Phi) is 5.02. The van der Waals surface area contributed by atoms with Crippen molar-refractivity contribution in [1.82, 2.24) is 10.2 Å². The van der Waals surface area contributed by atoms with Crippen LogP contribution in [-0.2, 0) is 19.9 Å². The Morgan fingerprint density at radius 3 is 2.12 bits per heavy atom. The second-order valence-corrected chi connectivity index (χ2v) is 10.9. The Morgan fingerprint density at radius 1 is 0.923 bits per heavy atom. The lowest BCUT2D eigenvalue weighted by Gasteiger charge is -2.07. The summed E-state index contributed by atoms with van der Waals surface area (Å²) in [5, 5.41) is 7.47. The van der Waals surface area contributed by atoms with Crippen molar-refractivity contribution >= 4 is 48.5 Å². The summed E-state index contributed by atoms with van der Waals surface area (Å²) < 4.78 is 50.3. The van der Waals surface area contributed by atoms with Crippen LogP contribution >= 0.6 is 22.9 Å². The van der Waals surface area contributed by atoms with Crippen LogP contribution in [0.15, 0.2) is 57.8 Å². The number of rotatable bonds is 5. The van der Waals surface area contributed by atoms with Crippen LogP contribution in [0.3, 0.4) is 0 Å². The van der Waals surface area contributed by atoms with Gasteiger partial charge in [0.15, 0.2) is 14.9 Å². The van der Waals surface area contributed by atoms with Gasteiger partial charge in [-0.3, -0.25) is 4.72 Å². The van der Waals surface area contributed by atoms with Crippen LogP contribution in [0.1, 0.15) is 0 Å². The van der Waals surface area contributed by atoms with Crippen LogP contribution in [0.5, 0.6) is 0 Å². The maximum absolute atomic E-state index is 12.3. The molecule has 0 aliphatic rings. The maximum Gasteiger partial charge on any atom is 0.271 e. The van der Waals surface area contributed by atoms with E-state index < -0.39 is 19.9 Å². The zero-order valence-electron chi connectivity index (χ0n) is 13.2. The van der Waals surface area contributed by atoms with E-state index in [2.05, 4.69) is 14.9 Å². The van der Waals surface area contributed by atoms with Crippen molar-refractivity contribution in [2.75, 3.05) is 11.0 Å². The van der Waals surface area contributed by atoms with Crippen molar-refractivity contribution in [1.29, 1.82) is 0 Å². The lowest BCUT2D eigenvalue weighted by molar-refractivity contribution is 0.595. The third-order valence-electron chi connectivity index (χ3n) is 3.27. The van der Waals surface area contributed by atoms with E-state index in [0.29, 0.717) is 21.3 Å². The van der Waals surface area contributed by atoms with Crippen LogP contribution < -0.4 is 4.72 Å². The molecule has 0 atom stereocenters. The minimum atomic E-state index is -3.70. The zero-order valence-corrected chi connectivity index (χ0v) is 16.5. The summed E-state index contributed by atoms with van der Waals surface area (Å²) in [5.74, 6) is 0. The molecular formula is C15H12ClN3O4S3. The van der Waals surface area contributed by atoms with Crippen LogP contribution in [0.25, 0.3) is 11.3 Å². The first-order valence-electron chi connectivity index (χ1n) is 7.07. The summed E-state index contributed by atoms with van der Waals surface area (Å²) in [6.45, 7) is 0. The van der Waals surface area contributed by atoms with E-state index in [0.717, 1.165) is 17.6 Å². The summed E-state index contributed by atoms with van der Waals surface area (Å²) in [7, 11) is -7.11. The van der Waals surface area contributed by atoms with E-state index in [1.807, 2.05) is 0 Å². The first kappa shape index (κ1) is 18.8.